The van der Waals surface area contributed by atoms with Gasteiger partial charge in [0.25, 0.3) is 5.56 Å². The van der Waals surface area contributed by atoms with E-state index >= 15 is 0 Å². The van der Waals surface area contributed by atoms with Crippen molar-refractivity contribution in [2.24, 2.45) is 7.05 Å². The van der Waals surface area contributed by atoms with Crippen LogP contribution < -0.4 is 10.3 Å². The quantitative estimate of drug-likeness (QED) is 0.613. The zero-order valence-electron chi connectivity index (χ0n) is 13.4. The number of halogens is 3. The highest BCUT2D eigenvalue weighted by Gasteiger charge is 2.32. The third kappa shape index (κ3) is 2.49. The Labute approximate surface area is 141 Å². The van der Waals surface area contributed by atoms with Crippen LogP contribution in [0.1, 0.15) is 11.1 Å². The molecule has 128 valence electrons. The average molecular weight is 345 g/mol. The Morgan fingerprint density at radius 2 is 1.80 bits per heavy atom. The predicted octanol–water partition coefficient (Wildman–Crippen LogP) is 4.16. The van der Waals surface area contributed by atoms with Gasteiger partial charge >= 0.3 is 6.18 Å². The maximum Gasteiger partial charge on any atom is 0.416 e. The molecule has 0 amide bonds. The van der Waals surface area contributed by atoms with Gasteiger partial charge in [0.1, 0.15) is 5.75 Å². The number of benzene rings is 2. The van der Waals surface area contributed by atoms with Crippen molar-refractivity contribution in [2.45, 2.75) is 12.6 Å². The molecule has 25 heavy (non-hydrogen) atoms. The Bertz CT molecular complexity index is 1050. The first-order valence-electron chi connectivity index (χ1n) is 7.82. The fourth-order valence-electron chi connectivity index (χ4n) is 3.34. The van der Waals surface area contributed by atoms with E-state index in [2.05, 4.69) is 0 Å². The number of nitrogens with zero attached hydrogens (tertiary/aromatic N) is 1. The van der Waals surface area contributed by atoms with Crippen LogP contribution in [0.2, 0.25) is 0 Å². The van der Waals surface area contributed by atoms with Gasteiger partial charge in [-0.3, -0.25) is 4.79 Å². The summed E-state index contributed by atoms with van der Waals surface area (Å²) in [6, 6.07) is 10.5. The molecule has 3 aromatic rings. The first-order chi connectivity index (χ1) is 11.9. The lowest BCUT2D eigenvalue weighted by molar-refractivity contribution is -0.137. The van der Waals surface area contributed by atoms with E-state index in [0.717, 1.165) is 34.2 Å². The van der Waals surface area contributed by atoms with Gasteiger partial charge in [-0.05, 0) is 35.4 Å². The lowest BCUT2D eigenvalue weighted by Gasteiger charge is -2.14. The molecule has 0 aliphatic carbocycles. The highest BCUT2D eigenvalue weighted by atomic mass is 19.4. The molecule has 2 aromatic carbocycles. The molecule has 0 radical (unpaired) electrons. The minimum Gasteiger partial charge on any atom is -0.493 e. The molecule has 1 aliphatic heterocycles. The van der Waals surface area contributed by atoms with Gasteiger partial charge in [0.2, 0.25) is 0 Å². The Morgan fingerprint density at radius 1 is 1.04 bits per heavy atom. The SMILES string of the molecule is Cn1c(=O)ccc2c3c(ccc21)-c1ccc(C(F)(F)F)cc1OCC3. The monoisotopic (exact) mass is 345 g/mol. The van der Waals surface area contributed by atoms with E-state index in [9.17, 15) is 18.0 Å². The number of aryl methyl sites for hydroxylation is 1. The summed E-state index contributed by atoms with van der Waals surface area (Å²) in [5.74, 6) is 0.234. The minimum absolute atomic E-state index is 0.104. The van der Waals surface area contributed by atoms with E-state index in [4.69, 9.17) is 4.74 Å². The predicted molar refractivity (Wildman–Crippen MR) is 88.8 cm³/mol. The van der Waals surface area contributed by atoms with Crippen molar-refractivity contribution >= 4 is 10.9 Å². The van der Waals surface area contributed by atoms with Crippen LogP contribution in [0.4, 0.5) is 13.2 Å². The van der Waals surface area contributed by atoms with E-state index in [1.54, 1.807) is 17.7 Å². The van der Waals surface area contributed by atoms with Crippen molar-refractivity contribution in [3.63, 3.8) is 0 Å². The number of hydrogen-bond donors (Lipinski definition) is 0. The zero-order valence-corrected chi connectivity index (χ0v) is 13.4. The molecule has 0 saturated carbocycles. The van der Waals surface area contributed by atoms with Crippen LogP contribution in [0, 0.1) is 0 Å². The molecule has 0 spiro atoms. The Morgan fingerprint density at radius 3 is 2.56 bits per heavy atom. The molecule has 0 unspecified atom stereocenters. The van der Waals surface area contributed by atoms with Crippen molar-refractivity contribution in [3.05, 3.63) is 63.9 Å². The Balaban J connectivity index is 1.98. The molecule has 0 N–H and O–H groups in total. The normalized spacial score (nSPS) is 13.8. The van der Waals surface area contributed by atoms with Crippen LogP contribution in [0.3, 0.4) is 0 Å². The number of hydrogen-bond acceptors (Lipinski definition) is 2. The molecular weight excluding hydrogens is 331 g/mol. The maximum absolute atomic E-state index is 13.0. The van der Waals surface area contributed by atoms with Gasteiger partial charge < -0.3 is 9.30 Å². The number of rotatable bonds is 0. The summed E-state index contributed by atoms with van der Waals surface area (Å²) in [5.41, 5.74) is 2.42. The second kappa shape index (κ2) is 5.37. The lowest BCUT2D eigenvalue weighted by Crippen LogP contribution is -2.15. The second-order valence-corrected chi connectivity index (χ2v) is 6.06. The summed E-state index contributed by atoms with van der Waals surface area (Å²) in [6.07, 6.45) is -3.85. The largest absolute Gasteiger partial charge is 0.493 e. The lowest BCUT2D eigenvalue weighted by atomic mass is 9.93. The fourth-order valence-corrected chi connectivity index (χ4v) is 3.34. The Hall–Kier alpha value is -2.76. The van der Waals surface area contributed by atoms with E-state index < -0.39 is 11.7 Å². The maximum atomic E-state index is 13.0. The fraction of sp³-hybridized carbons (Fsp3) is 0.211. The zero-order chi connectivity index (χ0) is 17.8. The molecule has 1 aliphatic rings. The summed E-state index contributed by atoms with van der Waals surface area (Å²) in [4.78, 5) is 11.8. The van der Waals surface area contributed by atoms with Gasteiger partial charge in [-0.2, -0.15) is 13.2 Å². The third-order valence-corrected chi connectivity index (χ3v) is 4.63. The molecule has 4 rings (SSSR count). The van der Waals surface area contributed by atoms with Crippen LogP contribution in [-0.2, 0) is 19.6 Å². The van der Waals surface area contributed by atoms with Crippen LogP contribution >= 0.6 is 0 Å². The van der Waals surface area contributed by atoms with Crippen molar-refractivity contribution < 1.29 is 17.9 Å². The van der Waals surface area contributed by atoms with Gasteiger partial charge in [-0.1, -0.05) is 12.1 Å². The number of fused-ring (bicyclic) bond motifs is 5. The van der Waals surface area contributed by atoms with Gasteiger partial charge in [-0.15, -0.1) is 0 Å². The number of aromatic nitrogens is 1. The summed E-state index contributed by atoms with van der Waals surface area (Å²) in [5, 5.41) is 0.913. The third-order valence-electron chi connectivity index (χ3n) is 4.63. The molecule has 3 nitrogen and oxygen atoms in total. The molecule has 0 fully saturated rings. The highest BCUT2D eigenvalue weighted by molar-refractivity contribution is 5.91. The van der Waals surface area contributed by atoms with Gasteiger partial charge in [0.15, 0.2) is 0 Å². The van der Waals surface area contributed by atoms with Crippen molar-refractivity contribution in [3.8, 4) is 16.9 Å². The summed E-state index contributed by atoms with van der Waals surface area (Å²) in [7, 11) is 1.70. The van der Waals surface area contributed by atoms with Crippen molar-refractivity contribution in [1.82, 2.24) is 4.57 Å². The molecular formula is C19H14F3NO2. The highest BCUT2D eigenvalue weighted by Crippen LogP contribution is 2.41. The van der Waals surface area contributed by atoms with Crippen LogP contribution in [-0.4, -0.2) is 11.2 Å². The van der Waals surface area contributed by atoms with Gasteiger partial charge in [-0.25, -0.2) is 0 Å². The molecule has 2 heterocycles. The molecule has 6 heteroatoms. The van der Waals surface area contributed by atoms with Crippen LogP contribution in [0.25, 0.3) is 22.0 Å². The first kappa shape index (κ1) is 15.7. The minimum atomic E-state index is -4.41. The van der Waals surface area contributed by atoms with E-state index in [-0.39, 0.29) is 17.9 Å². The van der Waals surface area contributed by atoms with Crippen molar-refractivity contribution in [1.29, 1.82) is 0 Å². The average Bonchev–Trinajstić information content (AvgIpc) is 2.76. The van der Waals surface area contributed by atoms with Crippen LogP contribution in [0.15, 0.2) is 47.3 Å². The van der Waals surface area contributed by atoms with Gasteiger partial charge in [0.05, 0.1) is 17.7 Å². The van der Waals surface area contributed by atoms with E-state index in [0.29, 0.717) is 12.0 Å². The number of ether oxygens (including phenoxy) is 1. The molecule has 0 atom stereocenters. The number of alkyl halides is 3. The summed E-state index contributed by atoms with van der Waals surface area (Å²) < 4.78 is 46.0. The smallest absolute Gasteiger partial charge is 0.416 e. The van der Waals surface area contributed by atoms with E-state index in [1.807, 2.05) is 12.1 Å². The van der Waals surface area contributed by atoms with Crippen molar-refractivity contribution in [2.75, 3.05) is 6.61 Å². The number of pyridine rings is 1. The molecule has 1 aromatic heterocycles. The van der Waals surface area contributed by atoms with E-state index in [1.165, 1.54) is 12.1 Å². The summed E-state index contributed by atoms with van der Waals surface area (Å²) >= 11 is 0. The topological polar surface area (TPSA) is 31.2 Å². The Kier molecular flexibility index (Phi) is 3.39. The van der Waals surface area contributed by atoms with Crippen LogP contribution in [0.5, 0.6) is 5.75 Å². The molecule has 0 saturated heterocycles. The molecule has 0 bridgehead atoms. The standard InChI is InChI=1S/C19H14F3NO2/c1-23-16-6-4-12-13(14(16)5-7-18(23)24)8-9-25-17-10-11(19(20,21)22)2-3-15(12)17/h2-7,10H,8-9H2,1H3. The summed E-state index contributed by atoms with van der Waals surface area (Å²) in [6.45, 7) is 0.281. The first-order valence-corrected chi connectivity index (χ1v) is 7.82. The second-order valence-electron chi connectivity index (χ2n) is 6.06. The van der Waals surface area contributed by atoms with Gasteiger partial charge in [0, 0.05) is 30.5 Å².